The van der Waals surface area contributed by atoms with Crippen molar-refractivity contribution in [3.05, 3.63) is 83.8 Å². The van der Waals surface area contributed by atoms with Gasteiger partial charge >= 0.3 is 12.4 Å². The first-order valence-corrected chi connectivity index (χ1v) is 8.86. The van der Waals surface area contributed by atoms with Crippen LogP contribution in [0.15, 0.2) is 66.7 Å². The highest BCUT2D eigenvalue weighted by Crippen LogP contribution is 2.35. The fourth-order valence-corrected chi connectivity index (χ4v) is 2.62. The Morgan fingerprint density at radius 2 is 1.39 bits per heavy atom. The Balaban J connectivity index is 2.08. The van der Waals surface area contributed by atoms with Crippen LogP contribution in [0.5, 0.6) is 0 Å². The molecule has 0 aliphatic carbocycles. The third-order valence-corrected chi connectivity index (χ3v) is 4.20. The Morgan fingerprint density at radius 1 is 0.806 bits per heavy atom. The third-order valence-electron chi connectivity index (χ3n) is 4.20. The zero-order valence-corrected chi connectivity index (χ0v) is 15.7. The minimum atomic E-state index is -5.26. The lowest BCUT2D eigenvalue weighted by molar-refractivity contribution is -0.235. The molecule has 0 saturated carbocycles. The van der Waals surface area contributed by atoms with Crippen LogP contribution in [-0.2, 0) is 12.6 Å². The van der Waals surface area contributed by atoms with Crippen LogP contribution in [0.3, 0.4) is 0 Å². The molecule has 3 rings (SSSR count). The monoisotopic (exact) mass is 436 g/mol. The molecule has 1 N–H and O–H groups in total. The van der Waals surface area contributed by atoms with Gasteiger partial charge in [0.05, 0.1) is 12.1 Å². The minimum Gasteiger partial charge on any atom is -0.369 e. The predicted molar refractivity (Wildman–Crippen MR) is 100 cm³/mol. The van der Waals surface area contributed by atoms with E-state index in [1.54, 1.807) is 42.3 Å². The molecule has 1 aromatic heterocycles. The first-order valence-electron chi connectivity index (χ1n) is 8.86. The Hall–Kier alpha value is -3.38. The maximum Gasteiger partial charge on any atom is 0.433 e. The van der Waals surface area contributed by atoms with Crippen molar-refractivity contribution in [2.75, 3.05) is 0 Å². The highest BCUT2D eigenvalue weighted by atomic mass is 19.4. The van der Waals surface area contributed by atoms with Gasteiger partial charge in [-0.1, -0.05) is 60.4 Å². The summed E-state index contributed by atoms with van der Waals surface area (Å²) in [5.74, 6) is 3.11. The number of alkyl halides is 6. The zero-order valence-electron chi connectivity index (χ0n) is 15.7. The van der Waals surface area contributed by atoms with Crippen molar-refractivity contribution in [2.24, 2.45) is 0 Å². The Bertz CT molecular complexity index is 1100. The lowest BCUT2D eigenvalue weighted by Gasteiger charge is -2.25. The van der Waals surface area contributed by atoms with Crippen molar-refractivity contribution in [2.45, 2.75) is 24.4 Å². The van der Waals surface area contributed by atoms with E-state index in [2.05, 4.69) is 15.9 Å². The summed E-state index contributed by atoms with van der Waals surface area (Å²) in [6.07, 6.45) is -11.6. The van der Waals surface area contributed by atoms with Crippen molar-refractivity contribution in [1.82, 2.24) is 9.97 Å². The molecule has 31 heavy (non-hydrogen) atoms. The summed E-state index contributed by atoms with van der Waals surface area (Å²) in [5.41, 5.74) is -4.85. The zero-order chi connectivity index (χ0) is 22.7. The van der Waals surface area contributed by atoms with Gasteiger partial charge in [-0.05, 0) is 18.2 Å². The van der Waals surface area contributed by atoms with Gasteiger partial charge in [0.1, 0.15) is 11.5 Å². The molecule has 160 valence electrons. The number of hydrogen-bond donors (Lipinski definition) is 1. The first kappa shape index (κ1) is 22.3. The van der Waals surface area contributed by atoms with Crippen molar-refractivity contribution >= 4 is 0 Å². The molecule has 0 aliphatic heterocycles. The van der Waals surface area contributed by atoms with Crippen LogP contribution in [0, 0.1) is 11.8 Å². The highest BCUT2D eigenvalue weighted by Gasteiger charge is 2.53. The second kappa shape index (κ2) is 8.40. The van der Waals surface area contributed by atoms with Crippen LogP contribution in [-0.4, -0.2) is 26.9 Å². The molecule has 2 aromatic carbocycles. The van der Waals surface area contributed by atoms with Gasteiger partial charge in [-0.2, -0.15) is 26.3 Å². The standard InChI is InChI=1S/C22H14F6N2O/c23-21(24,25)18-13-17(16-9-5-2-6-10-16)29-19(30-18)14-20(31,22(26,27)28)12-11-15-7-3-1-4-8-15/h1-10,13,31H,14H2. The summed E-state index contributed by atoms with van der Waals surface area (Å²) in [7, 11) is 0. The van der Waals surface area contributed by atoms with Gasteiger partial charge in [0, 0.05) is 11.1 Å². The Labute approximate surface area is 173 Å². The summed E-state index contributed by atoms with van der Waals surface area (Å²) in [6, 6.07) is 15.8. The van der Waals surface area contributed by atoms with Gasteiger partial charge in [-0.15, -0.1) is 0 Å². The van der Waals surface area contributed by atoms with E-state index in [0.29, 0.717) is 6.07 Å². The van der Waals surface area contributed by atoms with Crippen LogP contribution >= 0.6 is 0 Å². The number of nitrogens with zero attached hydrogens (tertiary/aromatic N) is 2. The largest absolute Gasteiger partial charge is 0.433 e. The lowest BCUT2D eigenvalue weighted by atomic mass is 9.98. The van der Waals surface area contributed by atoms with E-state index >= 15 is 0 Å². The van der Waals surface area contributed by atoms with Crippen LogP contribution in [0.2, 0.25) is 0 Å². The topological polar surface area (TPSA) is 46.0 Å². The van der Waals surface area contributed by atoms with Crippen molar-refractivity contribution in [1.29, 1.82) is 0 Å². The molecule has 0 spiro atoms. The molecule has 0 radical (unpaired) electrons. The molecule has 0 bridgehead atoms. The first-order chi connectivity index (χ1) is 14.5. The molecule has 0 saturated heterocycles. The molecular formula is C22H14F6N2O. The van der Waals surface area contributed by atoms with Gasteiger partial charge < -0.3 is 5.11 Å². The highest BCUT2D eigenvalue weighted by molar-refractivity contribution is 5.59. The van der Waals surface area contributed by atoms with Gasteiger partial charge in [0.25, 0.3) is 0 Å². The Kier molecular flexibility index (Phi) is 6.04. The maximum atomic E-state index is 13.6. The number of aliphatic hydroxyl groups is 1. The van der Waals surface area contributed by atoms with Crippen LogP contribution in [0.25, 0.3) is 11.3 Å². The van der Waals surface area contributed by atoms with Crippen LogP contribution in [0.1, 0.15) is 17.1 Å². The molecule has 0 amide bonds. The molecule has 1 unspecified atom stereocenters. The van der Waals surface area contributed by atoms with Gasteiger partial charge in [0.2, 0.25) is 5.60 Å². The van der Waals surface area contributed by atoms with E-state index in [0.717, 1.165) is 0 Å². The molecule has 3 nitrogen and oxygen atoms in total. The number of rotatable bonds is 3. The van der Waals surface area contributed by atoms with E-state index in [9.17, 15) is 31.4 Å². The fourth-order valence-electron chi connectivity index (χ4n) is 2.62. The normalized spacial score (nSPS) is 13.8. The summed E-state index contributed by atoms with van der Waals surface area (Å²) in [4.78, 5) is 7.05. The third kappa shape index (κ3) is 5.41. The van der Waals surface area contributed by atoms with Crippen LogP contribution < -0.4 is 0 Å². The number of hydrogen-bond acceptors (Lipinski definition) is 3. The van der Waals surface area contributed by atoms with Gasteiger partial charge in [-0.25, -0.2) is 9.97 Å². The van der Waals surface area contributed by atoms with E-state index in [4.69, 9.17) is 0 Å². The number of halogens is 6. The fraction of sp³-hybridized carbons (Fsp3) is 0.182. The average molecular weight is 436 g/mol. The second-order valence-electron chi connectivity index (χ2n) is 6.57. The van der Waals surface area contributed by atoms with E-state index in [1.807, 2.05) is 0 Å². The SMILES string of the molecule is OC(C#Cc1ccccc1)(Cc1nc(-c2ccccc2)cc(C(F)(F)F)n1)C(F)(F)F. The van der Waals surface area contributed by atoms with Crippen molar-refractivity contribution < 1.29 is 31.4 Å². The Morgan fingerprint density at radius 3 is 1.94 bits per heavy atom. The number of benzene rings is 2. The van der Waals surface area contributed by atoms with E-state index < -0.39 is 35.9 Å². The summed E-state index contributed by atoms with van der Waals surface area (Å²) < 4.78 is 80.8. The predicted octanol–water partition coefficient (Wildman–Crippen LogP) is 5.05. The molecule has 9 heteroatoms. The average Bonchev–Trinajstić information content (AvgIpc) is 2.72. The smallest absolute Gasteiger partial charge is 0.369 e. The van der Waals surface area contributed by atoms with Crippen molar-refractivity contribution in [3.63, 3.8) is 0 Å². The minimum absolute atomic E-state index is 0.195. The molecular weight excluding hydrogens is 422 g/mol. The van der Waals surface area contributed by atoms with Crippen molar-refractivity contribution in [3.8, 4) is 23.1 Å². The lowest BCUT2D eigenvalue weighted by Crippen LogP contribution is -2.46. The molecule has 0 aliphatic rings. The van der Waals surface area contributed by atoms with Gasteiger partial charge in [0.15, 0.2) is 0 Å². The number of aromatic nitrogens is 2. The summed E-state index contributed by atoms with van der Waals surface area (Å²) in [5, 5.41) is 10.3. The quantitative estimate of drug-likeness (QED) is 0.462. The molecule has 3 aromatic rings. The van der Waals surface area contributed by atoms with E-state index in [1.165, 1.54) is 24.3 Å². The molecule has 1 atom stereocenters. The van der Waals surface area contributed by atoms with Gasteiger partial charge in [-0.3, -0.25) is 0 Å². The second-order valence-corrected chi connectivity index (χ2v) is 6.57. The van der Waals surface area contributed by atoms with E-state index in [-0.39, 0.29) is 16.8 Å². The summed E-state index contributed by atoms with van der Waals surface area (Å²) in [6.45, 7) is 0. The maximum absolute atomic E-state index is 13.6. The molecule has 1 heterocycles. The van der Waals surface area contributed by atoms with Crippen LogP contribution in [0.4, 0.5) is 26.3 Å². The summed E-state index contributed by atoms with van der Waals surface area (Å²) >= 11 is 0. The molecule has 0 fully saturated rings.